The van der Waals surface area contributed by atoms with Gasteiger partial charge in [-0.3, -0.25) is 0 Å². The lowest BCUT2D eigenvalue weighted by Crippen LogP contribution is -2.15. The summed E-state index contributed by atoms with van der Waals surface area (Å²) in [6, 6.07) is 2.70. The van der Waals surface area contributed by atoms with Crippen molar-refractivity contribution in [3.63, 3.8) is 0 Å². The number of thiophene rings is 1. The van der Waals surface area contributed by atoms with Gasteiger partial charge < -0.3 is 15.5 Å². The number of hydrogen-bond donors (Lipinski definition) is 2. The fourth-order valence-electron chi connectivity index (χ4n) is 2.26. The number of fused-ring (bicyclic) bond motifs is 1. The molecule has 6 heteroatoms. The molecule has 0 fully saturated rings. The van der Waals surface area contributed by atoms with Gasteiger partial charge in [-0.25, -0.2) is 0 Å². The molecule has 0 saturated carbocycles. The first kappa shape index (κ1) is 11.7. The summed E-state index contributed by atoms with van der Waals surface area (Å²) in [5.41, 5.74) is 7.07. The van der Waals surface area contributed by atoms with Gasteiger partial charge in [-0.1, -0.05) is 5.10 Å². The van der Waals surface area contributed by atoms with Crippen LogP contribution in [0.1, 0.15) is 48.2 Å². The number of aromatic nitrogens is 2. The van der Waals surface area contributed by atoms with Crippen molar-refractivity contribution < 1.29 is 4.42 Å². The minimum Gasteiger partial charge on any atom is -0.406 e. The lowest BCUT2D eigenvalue weighted by atomic mass is 9.94. The van der Waals surface area contributed by atoms with Gasteiger partial charge in [0.2, 0.25) is 5.89 Å². The first-order chi connectivity index (χ1) is 8.74. The maximum atomic E-state index is 5.70. The average molecular weight is 264 g/mol. The van der Waals surface area contributed by atoms with Gasteiger partial charge >= 0.3 is 6.01 Å². The van der Waals surface area contributed by atoms with E-state index in [-0.39, 0.29) is 12.1 Å². The Morgan fingerprint density at radius 2 is 2.44 bits per heavy atom. The standard InChI is InChI=1S/C12H16N4OS/c1-7(13)11-15-16-12(17-11)14-9-3-2-4-10-8(9)5-6-18-10/h5-7,9H,2-4,13H2,1H3,(H,14,16). The molecule has 0 bridgehead atoms. The molecule has 18 heavy (non-hydrogen) atoms. The zero-order valence-electron chi connectivity index (χ0n) is 10.2. The summed E-state index contributed by atoms with van der Waals surface area (Å²) in [4.78, 5) is 1.46. The number of nitrogens with two attached hydrogens (primary N) is 1. The Morgan fingerprint density at radius 1 is 1.56 bits per heavy atom. The Hall–Kier alpha value is -1.40. The fourth-order valence-corrected chi connectivity index (χ4v) is 3.25. The number of nitrogens with zero attached hydrogens (tertiary/aromatic N) is 2. The highest BCUT2D eigenvalue weighted by Gasteiger charge is 2.22. The molecule has 5 nitrogen and oxygen atoms in total. The summed E-state index contributed by atoms with van der Waals surface area (Å²) in [5.74, 6) is 0.471. The van der Waals surface area contributed by atoms with Crippen molar-refractivity contribution in [1.29, 1.82) is 0 Å². The van der Waals surface area contributed by atoms with Crippen molar-refractivity contribution in [2.24, 2.45) is 5.73 Å². The van der Waals surface area contributed by atoms with Crippen LogP contribution >= 0.6 is 11.3 Å². The van der Waals surface area contributed by atoms with Crippen molar-refractivity contribution in [3.8, 4) is 0 Å². The number of hydrogen-bond acceptors (Lipinski definition) is 6. The Morgan fingerprint density at radius 3 is 3.22 bits per heavy atom. The monoisotopic (exact) mass is 264 g/mol. The van der Waals surface area contributed by atoms with Crippen molar-refractivity contribution in [1.82, 2.24) is 10.2 Å². The third kappa shape index (κ3) is 2.13. The smallest absolute Gasteiger partial charge is 0.316 e. The van der Waals surface area contributed by atoms with Crippen molar-refractivity contribution in [3.05, 3.63) is 27.8 Å². The Bertz CT molecular complexity index is 534. The quantitative estimate of drug-likeness (QED) is 0.891. The normalized spacial score (nSPS) is 20.4. The summed E-state index contributed by atoms with van der Waals surface area (Å²) >= 11 is 1.82. The minimum absolute atomic E-state index is 0.226. The molecule has 2 aromatic heterocycles. The van der Waals surface area contributed by atoms with Crippen LogP contribution in [0.2, 0.25) is 0 Å². The molecule has 2 heterocycles. The molecule has 0 amide bonds. The Balaban J connectivity index is 1.77. The molecule has 2 unspecified atom stereocenters. The second kappa shape index (κ2) is 4.70. The van der Waals surface area contributed by atoms with Gasteiger partial charge in [-0.15, -0.1) is 16.4 Å². The summed E-state index contributed by atoms with van der Waals surface area (Å²) in [6.07, 6.45) is 3.47. The van der Waals surface area contributed by atoms with E-state index in [0.29, 0.717) is 11.9 Å². The van der Waals surface area contributed by atoms with E-state index in [9.17, 15) is 0 Å². The number of rotatable bonds is 3. The Kier molecular flexibility index (Phi) is 3.05. The average Bonchev–Trinajstić information content (AvgIpc) is 2.97. The van der Waals surface area contributed by atoms with Crippen LogP contribution in [0.25, 0.3) is 0 Å². The van der Waals surface area contributed by atoms with Gasteiger partial charge in [0.05, 0.1) is 12.1 Å². The maximum Gasteiger partial charge on any atom is 0.316 e. The predicted molar refractivity (Wildman–Crippen MR) is 70.5 cm³/mol. The van der Waals surface area contributed by atoms with E-state index in [1.165, 1.54) is 23.3 Å². The van der Waals surface area contributed by atoms with Gasteiger partial charge in [0.25, 0.3) is 0 Å². The lowest BCUT2D eigenvalue weighted by Gasteiger charge is -2.22. The van der Waals surface area contributed by atoms with Crippen molar-refractivity contribution >= 4 is 17.4 Å². The highest BCUT2D eigenvalue weighted by Crippen LogP contribution is 2.35. The molecule has 96 valence electrons. The summed E-state index contributed by atoms with van der Waals surface area (Å²) in [7, 11) is 0. The highest BCUT2D eigenvalue weighted by molar-refractivity contribution is 7.10. The summed E-state index contributed by atoms with van der Waals surface area (Å²) < 4.78 is 5.48. The van der Waals surface area contributed by atoms with E-state index in [1.54, 1.807) is 0 Å². The molecule has 0 spiro atoms. The maximum absolute atomic E-state index is 5.70. The zero-order chi connectivity index (χ0) is 12.5. The van der Waals surface area contributed by atoms with Crippen LogP contribution in [0.15, 0.2) is 15.9 Å². The van der Waals surface area contributed by atoms with Crippen molar-refractivity contribution in [2.45, 2.75) is 38.3 Å². The Labute approximate surface area is 109 Å². The minimum atomic E-state index is -0.226. The molecule has 1 aliphatic carbocycles. The van der Waals surface area contributed by atoms with Crippen LogP contribution in [-0.4, -0.2) is 10.2 Å². The molecule has 0 saturated heterocycles. The lowest BCUT2D eigenvalue weighted by molar-refractivity contribution is 0.464. The highest BCUT2D eigenvalue weighted by atomic mass is 32.1. The molecule has 3 rings (SSSR count). The van der Waals surface area contributed by atoms with E-state index < -0.39 is 0 Å². The first-order valence-corrected chi connectivity index (χ1v) is 7.04. The van der Waals surface area contributed by atoms with E-state index in [4.69, 9.17) is 10.2 Å². The van der Waals surface area contributed by atoms with Gasteiger partial charge in [0.15, 0.2) is 0 Å². The van der Waals surface area contributed by atoms with Crippen LogP contribution < -0.4 is 11.1 Å². The molecular formula is C12H16N4OS. The fraction of sp³-hybridized carbons (Fsp3) is 0.500. The van der Waals surface area contributed by atoms with Gasteiger partial charge in [0, 0.05) is 4.88 Å². The first-order valence-electron chi connectivity index (χ1n) is 6.16. The van der Waals surface area contributed by atoms with Crippen LogP contribution in [0.5, 0.6) is 0 Å². The van der Waals surface area contributed by atoms with Gasteiger partial charge in [-0.05, 0) is 43.2 Å². The van der Waals surface area contributed by atoms with Gasteiger partial charge in [0.1, 0.15) is 0 Å². The van der Waals surface area contributed by atoms with Crippen LogP contribution in [0.4, 0.5) is 6.01 Å². The van der Waals surface area contributed by atoms with E-state index in [2.05, 4.69) is 27.0 Å². The van der Waals surface area contributed by atoms with Crippen molar-refractivity contribution in [2.75, 3.05) is 5.32 Å². The molecule has 1 aliphatic rings. The van der Waals surface area contributed by atoms with Crippen LogP contribution in [0.3, 0.4) is 0 Å². The second-order valence-corrected chi connectivity index (χ2v) is 5.62. The number of nitrogens with one attached hydrogen (secondary N) is 1. The summed E-state index contributed by atoms with van der Waals surface area (Å²) in [5, 5.41) is 13.4. The predicted octanol–water partition coefficient (Wildman–Crippen LogP) is 2.64. The van der Waals surface area contributed by atoms with E-state index in [0.717, 1.165) is 6.42 Å². The third-order valence-corrected chi connectivity index (χ3v) is 4.18. The SMILES string of the molecule is CC(N)c1nnc(NC2CCCc3sccc32)o1. The summed E-state index contributed by atoms with van der Waals surface area (Å²) in [6.45, 7) is 1.83. The molecule has 3 N–H and O–H groups in total. The van der Waals surface area contributed by atoms with Crippen LogP contribution in [-0.2, 0) is 6.42 Å². The zero-order valence-corrected chi connectivity index (χ0v) is 11.0. The van der Waals surface area contributed by atoms with E-state index >= 15 is 0 Å². The van der Waals surface area contributed by atoms with Crippen LogP contribution in [0, 0.1) is 0 Å². The molecule has 0 radical (unpaired) electrons. The molecular weight excluding hydrogens is 248 g/mol. The van der Waals surface area contributed by atoms with E-state index in [1.807, 2.05) is 18.3 Å². The molecule has 0 aromatic carbocycles. The molecule has 2 atom stereocenters. The second-order valence-electron chi connectivity index (χ2n) is 4.62. The number of anilines is 1. The topological polar surface area (TPSA) is 77.0 Å². The number of aryl methyl sites for hydroxylation is 1. The molecule has 0 aliphatic heterocycles. The third-order valence-electron chi connectivity index (χ3n) is 3.18. The largest absolute Gasteiger partial charge is 0.406 e. The van der Waals surface area contributed by atoms with Gasteiger partial charge in [-0.2, -0.15) is 0 Å². The molecule has 2 aromatic rings.